The molecule has 0 bridgehead atoms. The Morgan fingerprint density at radius 1 is 0.947 bits per heavy atom. The van der Waals surface area contributed by atoms with Crippen molar-refractivity contribution in [3.63, 3.8) is 0 Å². The van der Waals surface area contributed by atoms with Gasteiger partial charge in [-0.2, -0.15) is 0 Å². The third kappa shape index (κ3) is 8.02. The Hall–Kier alpha value is -3.97. The van der Waals surface area contributed by atoms with Crippen LogP contribution in [0.4, 0.5) is 0 Å². The van der Waals surface area contributed by atoms with Crippen molar-refractivity contribution in [1.82, 2.24) is 20.9 Å². The second-order valence-corrected chi connectivity index (χ2v) is 9.27. The lowest BCUT2D eigenvalue weighted by Crippen LogP contribution is -2.60. The van der Waals surface area contributed by atoms with E-state index in [9.17, 15) is 34.2 Å². The van der Waals surface area contributed by atoms with Crippen molar-refractivity contribution in [1.29, 1.82) is 0 Å². The number of H-pyrrole nitrogens is 1. The molecule has 1 aromatic carbocycles. The van der Waals surface area contributed by atoms with E-state index in [2.05, 4.69) is 20.9 Å². The van der Waals surface area contributed by atoms with Crippen LogP contribution in [0.2, 0.25) is 0 Å². The van der Waals surface area contributed by atoms with Gasteiger partial charge in [0.15, 0.2) is 6.04 Å². The van der Waals surface area contributed by atoms with Gasteiger partial charge in [-0.1, -0.05) is 38.5 Å². The summed E-state index contributed by atoms with van der Waals surface area (Å²) in [5.74, 6) is -5.59. The van der Waals surface area contributed by atoms with E-state index in [0.29, 0.717) is 12.0 Å². The molecule has 0 radical (unpaired) electrons. The number of amides is 3. The van der Waals surface area contributed by atoms with Crippen molar-refractivity contribution < 1.29 is 39.3 Å². The summed E-state index contributed by atoms with van der Waals surface area (Å²) in [6.07, 6.45) is 0.0351. The fraction of sp³-hybridized carbons (Fsp3) is 0.480. The molecule has 0 spiro atoms. The number of aromatic amines is 1. The molecule has 0 aliphatic heterocycles. The molecule has 13 heteroatoms. The zero-order valence-corrected chi connectivity index (χ0v) is 21.4. The van der Waals surface area contributed by atoms with Crippen LogP contribution in [0.3, 0.4) is 0 Å². The number of carbonyl (C=O) groups excluding carboxylic acids is 3. The molecule has 38 heavy (non-hydrogen) atoms. The van der Waals surface area contributed by atoms with Crippen LogP contribution in [0.5, 0.6) is 0 Å². The van der Waals surface area contributed by atoms with E-state index in [4.69, 9.17) is 10.8 Å². The maximum absolute atomic E-state index is 13.3. The second kappa shape index (κ2) is 13.5. The molecular weight excluding hydrogens is 498 g/mol. The van der Waals surface area contributed by atoms with Crippen molar-refractivity contribution in [2.75, 3.05) is 0 Å². The Labute approximate surface area is 219 Å². The lowest BCUT2D eigenvalue weighted by Gasteiger charge is -2.28. The lowest BCUT2D eigenvalue weighted by molar-refractivity contribution is -0.145. The first-order valence-electron chi connectivity index (χ1n) is 12.2. The fourth-order valence-electron chi connectivity index (χ4n) is 3.88. The molecule has 0 saturated carbocycles. The topological polar surface area (TPSA) is 224 Å². The molecule has 1 aromatic heterocycles. The van der Waals surface area contributed by atoms with Gasteiger partial charge in [-0.15, -0.1) is 0 Å². The standard InChI is InChI=1S/C25H35N5O8/c1-4-12(2)20(29-22(34)16(26)10-19(32)33)24(36)28-18(23(35)30-21(13(3)31)25(37)38)9-14-11-27-17-8-6-5-7-15(14)17/h5-8,11-13,16,18,20-21,27,31H,4,9-10,26H2,1-3H3,(H,28,36)(H,29,34)(H,30,35)(H,32,33)(H,37,38). The van der Waals surface area contributed by atoms with Gasteiger partial charge in [0.05, 0.1) is 18.6 Å². The summed E-state index contributed by atoms with van der Waals surface area (Å²) >= 11 is 0. The van der Waals surface area contributed by atoms with Crippen LogP contribution in [0.25, 0.3) is 10.9 Å². The second-order valence-electron chi connectivity index (χ2n) is 9.27. The minimum Gasteiger partial charge on any atom is -0.481 e. The maximum atomic E-state index is 13.3. The molecule has 6 unspecified atom stereocenters. The van der Waals surface area contributed by atoms with Crippen molar-refractivity contribution >= 4 is 40.6 Å². The number of hydrogen-bond donors (Lipinski definition) is 8. The zero-order valence-electron chi connectivity index (χ0n) is 21.4. The van der Waals surface area contributed by atoms with Gasteiger partial charge < -0.3 is 42.0 Å². The molecule has 208 valence electrons. The zero-order chi connectivity index (χ0) is 28.6. The molecule has 0 aliphatic rings. The number of carboxylic acid groups (broad SMARTS) is 2. The Bertz CT molecular complexity index is 1160. The highest BCUT2D eigenvalue weighted by Crippen LogP contribution is 2.20. The SMILES string of the molecule is CCC(C)C(NC(=O)C(N)CC(=O)O)C(=O)NC(Cc1c[nH]c2ccccc12)C(=O)NC(C(=O)O)C(C)O. The molecule has 13 nitrogen and oxygen atoms in total. The average Bonchev–Trinajstić information content (AvgIpc) is 3.26. The number of aliphatic hydroxyl groups is 1. The number of nitrogens with one attached hydrogen (secondary N) is 4. The summed E-state index contributed by atoms with van der Waals surface area (Å²) in [5, 5.41) is 36.2. The predicted octanol–water partition coefficient (Wildman–Crippen LogP) is -0.522. The molecule has 0 fully saturated rings. The van der Waals surface area contributed by atoms with Crippen LogP contribution >= 0.6 is 0 Å². The molecule has 6 atom stereocenters. The predicted molar refractivity (Wildman–Crippen MR) is 137 cm³/mol. The van der Waals surface area contributed by atoms with E-state index < -0.39 is 72.3 Å². The molecule has 0 saturated heterocycles. The molecule has 2 rings (SSSR count). The van der Waals surface area contributed by atoms with Crippen LogP contribution in [-0.4, -0.2) is 80.2 Å². The van der Waals surface area contributed by atoms with Crippen LogP contribution in [0.15, 0.2) is 30.5 Å². The largest absolute Gasteiger partial charge is 0.481 e. The highest BCUT2D eigenvalue weighted by Gasteiger charge is 2.34. The number of fused-ring (bicyclic) bond motifs is 1. The monoisotopic (exact) mass is 533 g/mol. The van der Waals surface area contributed by atoms with Gasteiger partial charge in [-0.25, -0.2) is 4.79 Å². The highest BCUT2D eigenvalue weighted by molar-refractivity contribution is 5.95. The summed E-state index contributed by atoms with van der Waals surface area (Å²) < 4.78 is 0. The Morgan fingerprint density at radius 2 is 1.58 bits per heavy atom. The quantitative estimate of drug-likeness (QED) is 0.156. The van der Waals surface area contributed by atoms with Crippen molar-refractivity contribution in [3.8, 4) is 0 Å². The first-order valence-corrected chi connectivity index (χ1v) is 12.2. The summed E-state index contributed by atoms with van der Waals surface area (Å²) in [7, 11) is 0. The third-order valence-electron chi connectivity index (χ3n) is 6.30. The van der Waals surface area contributed by atoms with Crippen molar-refractivity contribution in [2.45, 2.75) is 70.3 Å². The summed E-state index contributed by atoms with van der Waals surface area (Å²) in [4.78, 5) is 64.6. The number of para-hydroxylation sites is 1. The van der Waals surface area contributed by atoms with Crippen molar-refractivity contribution in [2.24, 2.45) is 11.7 Å². The fourth-order valence-corrected chi connectivity index (χ4v) is 3.88. The van der Waals surface area contributed by atoms with Gasteiger partial charge in [-0.3, -0.25) is 19.2 Å². The van der Waals surface area contributed by atoms with E-state index in [1.807, 2.05) is 18.2 Å². The van der Waals surface area contributed by atoms with E-state index >= 15 is 0 Å². The Kier molecular flexibility index (Phi) is 10.8. The van der Waals surface area contributed by atoms with Crippen molar-refractivity contribution in [3.05, 3.63) is 36.0 Å². The molecular formula is C25H35N5O8. The van der Waals surface area contributed by atoms with Crippen LogP contribution < -0.4 is 21.7 Å². The number of carbonyl (C=O) groups is 5. The maximum Gasteiger partial charge on any atom is 0.328 e. The number of aromatic nitrogens is 1. The number of aliphatic carboxylic acids is 2. The minimum atomic E-state index is -1.62. The number of nitrogens with two attached hydrogens (primary N) is 1. The normalized spacial score (nSPS) is 15.9. The van der Waals surface area contributed by atoms with E-state index in [0.717, 1.165) is 10.9 Å². The van der Waals surface area contributed by atoms with E-state index in [1.54, 1.807) is 26.1 Å². The van der Waals surface area contributed by atoms with E-state index in [-0.39, 0.29) is 6.42 Å². The number of hydrogen-bond acceptors (Lipinski definition) is 7. The number of benzene rings is 1. The first kappa shape index (κ1) is 30.3. The number of rotatable bonds is 14. The van der Waals surface area contributed by atoms with Gasteiger partial charge in [-0.05, 0) is 24.5 Å². The van der Waals surface area contributed by atoms with E-state index in [1.165, 1.54) is 6.92 Å². The first-order chi connectivity index (χ1) is 17.8. The van der Waals surface area contributed by atoms with Gasteiger partial charge in [0.25, 0.3) is 0 Å². The molecule has 2 aromatic rings. The third-order valence-corrected chi connectivity index (χ3v) is 6.30. The number of carboxylic acids is 2. The molecule has 0 aliphatic carbocycles. The number of aliphatic hydroxyl groups excluding tert-OH is 1. The Balaban J connectivity index is 2.34. The summed E-state index contributed by atoms with van der Waals surface area (Å²) in [6.45, 7) is 4.68. The van der Waals surface area contributed by atoms with Gasteiger partial charge in [0.1, 0.15) is 12.1 Å². The molecule has 3 amide bonds. The lowest BCUT2D eigenvalue weighted by atomic mass is 9.96. The summed E-state index contributed by atoms with van der Waals surface area (Å²) in [6, 6.07) is 1.83. The molecule has 9 N–H and O–H groups in total. The summed E-state index contributed by atoms with van der Waals surface area (Å²) in [5.41, 5.74) is 7.09. The van der Waals surface area contributed by atoms with Gasteiger partial charge in [0, 0.05) is 23.5 Å². The Morgan fingerprint density at radius 3 is 2.16 bits per heavy atom. The van der Waals surface area contributed by atoms with Crippen LogP contribution in [-0.2, 0) is 30.4 Å². The highest BCUT2D eigenvalue weighted by atomic mass is 16.4. The average molecular weight is 534 g/mol. The van der Waals surface area contributed by atoms with Gasteiger partial charge >= 0.3 is 11.9 Å². The van der Waals surface area contributed by atoms with Crippen LogP contribution in [0.1, 0.15) is 39.2 Å². The van der Waals surface area contributed by atoms with Crippen LogP contribution in [0, 0.1) is 5.92 Å². The van der Waals surface area contributed by atoms with Gasteiger partial charge in [0.2, 0.25) is 17.7 Å². The minimum absolute atomic E-state index is 0.0343. The molecule has 1 heterocycles. The smallest absolute Gasteiger partial charge is 0.328 e.